The predicted octanol–water partition coefficient (Wildman–Crippen LogP) is 6.14. The molecule has 0 atom stereocenters. The Balaban J connectivity index is 1.28. The average Bonchev–Trinajstić information content (AvgIpc) is 3.33. The number of aromatic nitrogens is 3. The minimum absolute atomic E-state index is 0.0809. The van der Waals surface area contributed by atoms with Crippen LogP contribution in [0.5, 0.6) is 5.75 Å². The Kier molecular flexibility index (Phi) is 8.24. The van der Waals surface area contributed by atoms with E-state index in [0.717, 1.165) is 59.5 Å². The van der Waals surface area contributed by atoms with E-state index in [4.69, 9.17) is 9.72 Å². The molecule has 218 valence electrons. The van der Waals surface area contributed by atoms with Gasteiger partial charge in [0.2, 0.25) is 5.95 Å². The van der Waals surface area contributed by atoms with Crippen LogP contribution < -0.4 is 15.0 Å². The maximum Gasteiger partial charge on any atom is 0.227 e. The molecular formula is C34H40N6O2. The summed E-state index contributed by atoms with van der Waals surface area (Å²) in [4.78, 5) is 26.5. The van der Waals surface area contributed by atoms with Crippen LogP contribution in [-0.4, -0.2) is 64.5 Å². The summed E-state index contributed by atoms with van der Waals surface area (Å²) in [6.07, 6.45) is 11.0. The largest absolute Gasteiger partial charge is 0.494 e. The van der Waals surface area contributed by atoms with Crippen LogP contribution >= 0.6 is 0 Å². The van der Waals surface area contributed by atoms with Gasteiger partial charge in [-0.15, -0.1) is 0 Å². The maximum absolute atomic E-state index is 12.0. The van der Waals surface area contributed by atoms with E-state index >= 15 is 0 Å². The molecule has 8 heteroatoms. The number of fused-ring (bicyclic) bond motifs is 1. The summed E-state index contributed by atoms with van der Waals surface area (Å²) in [6, 6.07) is 15.3. The number of anilines is 3. The molecule has 4 aromatic rings. The minimum Gasteiger partial charge on any atom is -0.494 e. The summed E-state index contributed by atoms with van der Waals surface area (Å²) in [5, 5.41) is 4.60. The Labute approximate surface area is 248 Å². The monoisotopic (exact) mass is 564 g/mol. The highest BCUT2D eigenvalue weighted by Gasteiger charge is 2.29. The highest BCUT2D eigenvalue weighted by Crippen LogP contribution is 2.38. The Hall–Kier alpha value is -4.17. The normalized spacial score (nSPS) is 15.9. The summed E-state index contributed by atoms with van der Waals surface area (Å²) in [5.74, 6) is 1.34. The second-order valence-corrected chi connectivity index (χ2v) is 11.4. The number of piperidine rings is 1. The number of methoxy groups -OCH3 is 1. The number of nitrogens with one attached hydrogen (secondary N) is 1. The van der Waals surface area contributed by atoms with Crippen molar-refractivity contribution in [2.24, 2.45) is 7.05 Å². The van der Waals surface area contributed by atoms with Crippen LogP contribution in [0.15, 0.2) is 67.5 Å². The van der Waals surface area contributed by atoms with E-state index in [-0.39, 0.29) is 5.78 Å². The summed E-state index contributed by atoms with van der Waals surface area (Å²) in [7, 11) is 3.76. The highest BCUT2D eigenvalue weighted by atomic mass is 16.5. The molecule has 2 aliphatic rings. The number of ketones is 1. The fourth-order valence-corrected chi connectivity index (χ4v) is 6.34. The van der Waals surface area contributed by atoms with Gasteiger partial charge >= 0.3 is 0 Å². The summed E-state index contributed by atoms with van der Waals surface area (Å²) in [5.41, 5.74) is 6.28. The summed E-state index contributed by atoms with van der Waals surface area (Å²) < 4.78 is 8.02. The molecule has 0 aliphatic carbocycles. The Morgan fingerprint density at radius 3 is 2.69 bits per heavy atom. The highest BCUT2D eigenvalue weighted by molar-refractivity contribution is 5.95. The molecule has 2 fully saturated rings. The van der Waals surface area contributed by atoms with Crippen LogP contribution in [0.25, 0.3) is 22.2 Å². The van der Waals surface area contributed by atoms with Crippen molar-refractivity contribution in [1.82, 2.24) is 19.4 Å². The number of likely N-dealkylation sites (tertiary alicyclic amines) is 1. The first-order chi connectivity index (χ1) is 20.5. The molecule has 0 unspecified atom stereocenters. The van der Waals surface area contributed by atoms with Gasteiger partial charge in [-0.3, -0.25) is 4.79 Å². The number of carbonyl (C=O) groups excluding carboxylic acids is 1. The number of hydrogen-bond donors (Lipinski definition) is 1. The Morgan fingerprint density at radius 1 is 1.14 bits per heavy atom. The molecule has 0 spiro atoms. The van der Waals surface area contributed by atoms with Crippen molar-refractivity contribution < 1.29 is 9.53 Å². The quantitative estimate of drug-likeness (QED) is 0.219. The van der Waals surface area contributed by atoms with Gasteiger partial charge in [0.15, 0.2) is 5.78 Å². The second-order valence-electron chi connectivity index (χ2n) is 11.4. The second kappa shape index (κ2) is 12.4. The van der Waals surface area contributed by atoms with Crippen molar-refractivity contribution >= 4 is 34.0 Å². The number of carbonyl (C=O) groups is 1. The Bertz CT molecular complexity index is 1580. The molecule has 2 aromatic carbocycles. The number of aryl methyl sites for hydroxylation is 2. The van der Waals surface area contributed by atoms with Crippen molar-refractivity contribution in [2.45, 2.75) is 44.6 Å². The molecule has 2 aromatic heterocycles. The van der Waals surface area contributed by atoms with Crippen molar-refractivity contribution in [2.75, 3.05) is 43.5 Å². The minimum atomic E-state index is 0.0809. The van der Waals surface area contributed by atoms with Crippen LogP contribution in [0.1, 0.15) is 37.7 Å². The van der Waals surface area contributed by atoms with Crippen molar-refractivity contribution in [3.05, 3.63) is 73.1 Å². The Morgan fingerprint density at radius 2 is 1.95 bits per heavy atom. The first kappa shape index (κ1) is 28.0. The summed E-state index contributed by atoms with van der Waals surface area (Å²) in [6.45, 7) is 8.16. The van der Waals surface area contributed by atoms with Gasteiger partial charge in [0, 0.05) is 73.2 Å². The lowest BCUT2D eigenvalue weighted by Crippen LogP contribution is -2.50. The van der Waals surface area contributed by atoms with Gasteiger partial charge < -0.3 is 24.4 Å². The van der Waals surface area contributed by atoms with E-state index in [1.54, 1.807) is 13.3 Å². The smallest absolute Gasteiger partial charge is 0.227 e. The maximum atomic E-state index is 12.0. The molecule has 0 amide bonds. The molecule has 2 saturated heterocycles. The predicted molar refractivity (Wildman–Crippen MR) is 170 cm³/mol. The lowest BCUT2D eigenvalue weighted by atomic mass is 9.97. The van der Waals surface area contributed by atoms with Crippen LogP contribution in [0.4, 0.5) is 17.3 Å². The molecule has 0 radical (unpaired) electrons. The van der Waals surface area contributed by atoms with E-state index in [1.807, 2.05) is 6.07 Å². The number of benzene rings is 2. The third-order valence-corrected chi connectivity index (χ3v) is 8.78. The fourth-order valence-electron chi connectivity index (χ4n) is 6.34. The lowest BCUT2D eigenvalue weighted by Gasteiger charge is -2.44. The summed E-state index contributed by atoms with van der Waals surface area (Å²) >= 11 is 0. The first-order valence-electron chi connectivity index (χ1n) is 15.0. The molecule has 8 nitrogen and oxygen atoms in total. The van der Waals surface area contributed by atoms with Crippen LogP contribution in [0.3, 0.4) is 0 Å². The zero-order valence-corrected chi connectivity index (χ0v) is 24.7. The number of ether oxygens (including phenoxy) is 1. The number of hydrogen-bond acceptors (Lipinski definition) is 7. The molecule has 0 saturated carbocycles. The fraction of sp³-hybridized carbons (Fsp3) is 0.382. The van der Waals surface area contributed by atoms with Gasteiger partial charge in [-0.2, -0.15) is 0 Å². The number of rotatable bonds is 11. The lowest BCUT2D eigenvalue weighted by molar-refractivity contribution is -0.114. The van der Waals surface area contributed by atoms with E-state index in [2.05, 4.69) is 80.9 Å². The molecule has 6 rings (SSSR count). The van der Waals surface area contributed by atoms with Gasteiger partial charge in [-0.05, 0) is 75.0 Å². The van der Waals surface area contributed by atoms with Crippen LogP contribution in [0.2, 0.25) is 0 Å². The number of para-hydroxylation sites is 1. The molecule has 0 bridgehead atoms. The van der Waals surface area contributed by atoms with Crippen LogP contribution in [-0.2, 0) is 18.3 Å². The zero-order chi connectivity index (χ0) is 29.1. The van der Waals surface area contributed by atoms with Crippen molar-refractivity contribution in [3.8, 4) is 17.0 Å². The number of nitrogens with zero attached hydrogens (tertiary/aromatic N) is 5. The third-order valence-electron chi connectivity index (χ3n) is 8.78. The standard InChI is InChI=1S/C34H40N6O2/c1-4-26(41)10-7-9-24-21-30(33(42-3)22-32(24)40-19-14-25(15-20-40)39-17-8-18-39)37-34-35-16-13-29(36-34)28-23-38(2)31-12-6-5-11-27(28)31/h4-6,11-13,16,21-23,25H,1,7-10,14-15,17-20H2,2-3H3,(H,35,36,37). The van der Waals surface area contributed by atoms with Crippen molar-refractivity contribution in [3.63, 3.8) is 0 Å². The molecule has 42 heavy (non-hydrogen) atoms. The molecular weight excluding hydrogens is 524 g/mol. The average molecular weight is 565 g/mol. The molecule has 2 aliphatic heterocycles. The van der Waals surface area contributed by atoms with Crippen LogP contribution in [0, 0.1) is 0 Å². The van der Waals surface area contributed by atoms with Gasteiger partial charge in [-0.25, -0.2) is 9.97 Å². The first-order valence-corrected chi connectivity index (χ1v) is 15.0. The van der Waals surface area contributed by atoms with Gasteiger partial charge in [0.25, 0.3) is 0 Å². The number of allylic oxidation sites excluding steroid dienone is 1. The molecule has 4 heterocycles. The topological polar surface area (TPSA) is 75.5 Å². The van der Waals surface area contributed by atoms with E-state index < -0.39 is 0 Å². The van der Waals surface area contributed by atoms with Gasteiger partial charge in [0.1, 0.15) is 5.75 Å². The SMILES string of the molecule is C=CC(=O)CCCc1cc(Nc2nccc(-c3cn(C)c4ccccc34)n2)c(OC)cc1N1CCC(N2CCC2)CC1. The van der Waals surface area contributed by atoms with Crippen molar-refractivity contribution in [1.29, 1.82) is 0 Å². The van der Waals surface area contributed by atoms with E-state index in [9.17, 15) is 4.79 Å². The van der Waals surface area contributed by atoms with Gasteiger partial charge in [0.05, 0.1) is 18.5 Å². The van der Waals surface area contributed by atoms with E-state index in [0.29, 0.717) is 18.4 Å². The zero-order valence-electron chi connectivity index (χ0n) is 24.7. The van der Waals surface area contributed by atoms with Gasteiger partial charge in [-0.1, -0.05) is 24.8 Å². The van der Waals surface area contributed by atoms with E-state index in [1.165, 1.54) is 49.7 Å². The third kappa shape index (κ3) is 5.77. The molecule has 1 N–H and O–H groups in total.